The molecule has 0 spiro atoms. The van der Waals surface area contributed by atoms with Gasteiger partial charge in [0.2, 0.25) is 5.91 Å². The molecule has 1 heterocycles. The van der Waals surface area contributed by atoms with Gasteiger partial charge in [0.15, 0.2) is 0 Å². The molecule has 0 radical (unpaired) electrons. The molecule has 0 aliphatic heterocycles. The molecule has 0 saturated carbocycles. The number of hydrogen-bond acceptors (Lipinski definition) is 3. The maximum atomic E-state index is 11.1. The fraction of sp³-hybridized carbons (Fsp3) is 0.0909. The van der Waals surface area contributed by atoms with Gasteiger partial charge in [-0.25, -0.2) is 4.79 Å². The van der Waals surface area contributed by atoms with E-state index in [0.29, 0.717) is 21.7 Å². The van der Waals surface area contributed by atoms with E-state index < -0.39 is 5.63 Å². The van der Waals surface area contributed by atoms with E-state index in [1.54, 1.807) is 18.2 Å². The summed E-state index contributed by atoms with van der Waals surface area (Å²) in [4.78, 5) is 22.0. The first-order chi connectivity index (χ1) is 7.56. The smallest absolute Gasteiger partial charge is 0.337 e. The Morgan fingerprint density at radius 1 is 1.38 bits per heavy atom. The zero-order valence-electron chi connectivity index (χ0n) is 8.41. The van der Waals surface area contributed by atoms with Gasteiger partial charge in [-0.3, -0.25) is 4.79 Å². The van der Waals surface area contributed by atoms with Crippen LogP contribution in [0.3, 0.4) is 0 Å². The van der Waals surface area contributed by atoms with Gasteiger partial charge in [-0.2, -0.15) is 0 Å². The minimum atomic E-state index is -0.516. The second-order valence-electron chi connectivity index (χ2n) is 3.31. The second kappa shape index (κ2) is 3.98. The SMILES string of the molecule is CC(=O)Nc1ccc2c(Cl)cc(=O)oc2c1. The fourth-order valence-electron chi connectivity index (χ4n) is 1.40. The molecule has 2 rings (SSSR count). The molecule has 0 unspecified atom stereocenters. The van der Waals surface area contributed by atoms with Crippen molar-refractivity contribution in [3.05, 3.63) is 39.7 Å². The molecule has 82 valence electrons. The lowest BCUT2D eigenvalue weighted by Gasteiger charge is -2.03. The summed E-state index contributed by atoms with van der Waals surface area (Å²) in [5, 5.41) is 3.56. The number of hydrogen-bond donors (Lipinski definition) is 1. The monoisotopic (exact) mass is 237 g/mol. The highest BCUT2D eigenvalue weighted by Crippen LogP contribution is 2.24. The molecule has 16 heavy (non-hydrogen) atoms. The molecule has 4 nitrogen and oxygen atoms in total. The third-order valence-electron chi connectivity index (χ3n) is 2.01. The summed E-state index contributed by atoms with van der Waals surface area (Å²) in [6.07, 6.45) is 0. The molecule has 0 aliphatic rings. The number of nitrogens with one attached hydrogen (secondary N) is 1. The average molecular weight is 238 g/mol. The number of fused-ring (bicyclic) bond motifs is 1. The van der Waals surface area contributed by atoms with Crippen molar-refractivity contribution in [1.29, 1.82) is 0 Å². The Balaban J connectivity index is 2.61. The lowest BCUT2D eigenvalue weighted by molar-refractivity contribution is -0.114. The van der Waals surface area contributed by atoms with Gasteiger partial charge < -0.3 is 9.73 Å². The van der Waals surface area contributed by atoms with Crippen LogP contribution >= 0.6 is 11.6 Å². The van der Waals surface area contributed by atoms with E-state index in [2.05, 4.69) is 5.32 Å². The summed E-state index contributed by atoms with van der Waals surface area (Å²) in [6.45, 7) is 1.40. The number of rotatable bonds is 1. The maximum Gasteiger partial charge on any atom is 0.337 e. The van der Waals surface area contributed by atoms with Crippen molar-refractivity contribution >= 4 is 34.2 Å². The highest BCUT2D eigenvalue weighted by atomic mass is 35.5. The molecule has 1 amide bonds. The van der Waals surface area contributed by atoms with Crippen LogP contribution in [0.5, 0.6) is 0 Å². The molecule has 5 heteroatoms. The third kappa shape index (κ3) is 2.06. The Morgan fingerprint density at radius 2 is 2.12 bits per heavy atom. The predicted molar refractivity (Wildman–Crippen MR) is 61.8 cm³/mol. The number of carbonyl (C=O) groups is 1. The first-order valence-electron chi connectivity index (χ1n) is 4.57. The summed E-state index contributed by atoms with van der Waals surface area (Å²) in [7, 11) is 0. The molecule has 1 aromatic heterocycles. The van der Waals surface area contributed by atoms with Crippen molar-refractivity contribution in [2.45, 2.75) is 6.92 Å². The van der Waals surface area contributed by atoms with Gasteiger partial charge in [0.05, 0.1) is 5.02 Å². The second-order valence-corrected chi connectivity index (χ2v) is 3.71. The van der Waals surface area contributed by atoms with Crippen molar-refractivity contribution in [2.75, 3.05) is 5.32 Å². The average Bonchev–Trinajstić information content (AvgIpc) is 2.15. The molecular formula is C11H8ClNO3. The zero-order chi connectivity index (χ0) is 11.7. The summed E-state index contributed by atoms with van der Waals surface area (Å²) in [5.74, 6) is -0.191. The van der Waals surface area contributed by atoms with Crippen LogP contribution in [0.4, 0.5) is 5.69 Å². The number of benzene rings is 1. The zero-order valence-corrected chi connectivity index (χ0v) is 9.17. The Kier molecular flexibility index (Phi) is 2.66. The summed E-state index contributed by atoms with van der Waals surface area (Å²) < 4.78 is 4.97. The molecule has 0 saturated heterocycles. The van der Waals surface area contributed by atoms with Gasteiger partial charge in [0, 0.05) is 30.1 Å². The van der Waals surface area contributed by atoms with Gasteiger partial charge >= 0.3 is 5.63 Å². The lowest BCUT2D eigenvalue weighted by Crippen LogP contribution is -2.05. The molecular weight excluding hydrogens is 230 g/mol. The van der Waals surface area contributed by atoms with Gasteiger partial charge in [-0.1, -0.05) is 11.6 Å². The van der Waals surface area contributed by atoms with Crippen LogP contribution in [0.1, 0.15) is 6.92 Å². The Labute approximate surface area is 95.8 Å². The van der Waals surface area contributed by atoms with Crippen LogP contribution in [-0.2, 0) is 4.79 Å². The van der Waals surface area contributed by atoms with Crippen molar-refractivity contribution in [2.24, 2.45) is 0 Å². The maximum absolute atomic E-state index is 11.1. The van der Waals surface area contributed by atoms with Crippen LogP contribution in [-0.4, -0.2) is 5.91 Å². The predicted octanol–water partition coefficient (Wildman–Crippen LogP) is 2.40. The molecule has 0 bridgehead atoms. The lowest BCUT2D eigenvalue weighted by atomic mass is 10.2. The van der Waals surface area contributed by atoms with E-state index >= 15 is 0 Å². The number of amides is 1. The molecule has 0 fully saturated rings. The Morgan fingerprint density at radius 3 is 2.81 bits per heavy atom. The first-order valence-corrected chi connectivity index (χ1v) is 4.95. The van der Waals surface area contributed by atoms with E-state index in [4.69, 9.17) is 16.0 Å². The Bertz CT molecular complexity index is 618. The summed E-state index contributed by atoms with van der Waals surface area (Å²) >= 11 is 5.87. The van der Waals surface area contributed by atoms with E-state index in [1.165, 1.54) is 13.0 Å². The first kappa shape index (κ1) is 10.7. The van der Waals surface area contributed by atoms with Crippen LogP contribution in [0.15, 0.2) is 33.5 Å². The van der Waals surface area contributed by atoms with Gasteiger partial charge in [-0.15, -0.1) is 0 Å². The van der Waals surface area contributed by atoms with Gasteiger partial charge in [0.1, 0.15) is 5.58 Å². The highest BCUT2D eigenvalue weighted by Gasteiger charge is 2.05. The topological polar surface area (TPSA) is 59.3 Å². The summed E-state index contributed by atoms with van der Waals surface area (Å²) in [5.41, 5.74) is 0.395. The van der Waals surface area contributed by atoms with Crippen LogP contribution in [0.25, 0.3) is 11.0 Å². The number of halogens is 1. The summed E-state index contributed by atoms with van der Waals surface area (Å²) in [6, 6.07) is 6.15. The van der Waals surface area contributed by atoms with E-state index in [9.17, 15) is 9.59 Å². The molecule has 0 atom stereocenters. The van der Waals surface area contributed by atoms with Crippen molar-refractivity contribution in [3.8, 4) is 0 Å². The standard InChI is InChI=1S/C11H8ClNO3/c1-6(14)13-7-2-3-8-9(12)5-11(15)16-10(8)4-7/h2-5H,1H3,(H,13,14). The Hall–Kier alpha value is -1.81. The van der Waals surface area contributed by atoms with E-state index in [-0.39, 0.29) is 5.91 Å². The van der Waals surface area contributed by atoms with Gasteiger partial charge in [-0.05, 0) is 12.1 Å². The minimum absolute atomic E-state index is 0.191. The quantitative estimate of drug-likeness (QED) is 0.775. The van der Waals surface area contributed by atoms with Crippen molar-refractivity contribution in [1.82, 2.24) is 0 Å². The van der Waals surface area contributed by atoms with Crippen molar-refractivity contribution in [3.63, 3.8) is 0 Å². The molecule has 1 aromatic carbocycles. The largest absolute Gasteiger partial charge is 0.423 e. The fourth-order valence-corrected chi connectivity index (χ4v) is 1.65. The molecule has 2 aromatic rings. The highest BCUT2D eigenvalue weighted by molar-refractivity contribution is 6.35. The normalized spacial score (nSPS) is 10.4. The molecule has 0 aliphatic carbocycles. The van der Waals surface area contributed by atoms with Crippen LogP contribution in [0.2, 0.25) is 5.02 Å². The van der Waals surface area contributed by atoms with Crippen LogP contribution < -0.4 is 10.9 Å². The van der Waals surface area contributed by atoms with Crippen LogP contribution in [0, 0.1) is 0 Å². The van der Waals surface area contributed by atoms with E-state index in [1.807, 2.05) is 0 Å². The number of carbonyl (C=O) groups excluding carboxylic acids is 1. The minimum Gasteiger partial charge on any atom is -0.423 e. The number of anilines is 1. The third-order valence-corrected chi connectivity index (χ3v) is 2.33. The van der Waals surface area contributed by atoms with Crippen molar-refractivity contribution < 1.29 is 9.21 Å². The molecule has 1 N–H and O–H groups in total. The van der Waals surface area contributed by atoms with E-state index in [0.717, 1.165) is 0 Å². The van der Waals surface area contributed by atoms with Gasteiger partial charge in [0.25, 0.3) is 0 Å².